The third-order valence-electron chi connectivity index (χ3n) is 4.61. The van der Waals surface area contributed by atoms with Gasteiger partial charge in [-0.3, -0.25) is 9.59 Å². The minimum absolute atomic E-state index is 0.0115. The number of amides is 1. The lowest BCUT2D eigenvalue weighted by Crippen LogP contribution is -2.25. The van der Waals surface area contributed by atoms with Crippen LogP contribution in [0.1, 0.15) is 11.3 Å². The Morgan fingerprint density at radius 2 is 1.83 bits per heavy atom. The van der Waals surface area contributed by atoms with Gasteiger partial charge in [0, 0.05) is 27.5 Å². The monoisotopic (exact) mass is 451 g/mol. The van der Waals surface area contributed by atoms with Gasteiger partial charge in [0.1, 0.15) is 6.54 Å². The van der Waals surface area contributed by atoms with Crippen LogP contribution in [-0.2, 0) is 11.3 Å². The highest BCUT2D eigenvalue weighted by atomic mass is 79.9. The second-order valence-electron chi connectivity index (χ2n) is 6.73. The SMILES string of the molecule is Cc1ccccc1-c1nc2n(CC(=O)Nc3ccc(Br)cc3)c(C)cc(=O)n2n1. The number of carbonyl (C=O) groups is 1. The Hall–Kier alpha value is -3.26. The maximum atomic E-state index is 12.6. The highest BCUT2D eigenvalue weighted by molar-refractivity contribution is 9.10. The van der Waals surface area contributed by atoms with Crippen LogP contribution in [0.5, 0.6) is 0 Å². The fraction of sp³-hybridized carbons (Fsp3) is 0.143. The Kier molecular flexibility index (Phi) is 5.02. The van der Waals surface area contributed by atoms with Crippen molar-refractivity contribution in [1.82, 2.24) is 19.2 Å². The van der Waals surface area contributed by atoms with E-state index >= 15 is 0 Å². The number of hydrogen-bond acceptors (Lipinski definition) is 4. The second-order valence-corrected chi connectivity index (χ2v) is 7.64. The molecule has 0 spiro atoms. The van der Waals surface area contributed by atoms with Crippen molar-refractivity contribution in [3.05, 3.63) is 80.7 Å². The molecule has 2 aromatic carbocycles. The normalized spacial score (nSPS) is 11.0. The van der Waals surface area contributed by atoms with Crippen molar-refractivity contribution in [3.63, 3.8) is 0 Å². The molecule has 4 rings (SSSR count). The first-order valence-electron chi connectivity index (χ1n) is 9.01. The molecular weight excluding hydrogens is 434 g/mol. The molecule has 1 N–H and O–H groups in total. The average Bonchev–Trinajstić information content (AvgIpc) is 3.13. The lowest BCUT2D eigenvalue weighted by molar-refractivity contribution is -0.116. The molecule has 0 aliphatic heterocycles. The van der Waals surface area contributed by atoms with E-state index in [-0.39, 0.29) is 18.0 Å². The molecular formula is C21H18BrN5O2. The van der Waals surface area contributed by atoms with Gasteiger partial charge < -0.3 is 9.88 Å². The summed E-state index contributed by atoms with van der Waals surface area (Å²) in [7, 11) is 0. The summed E-state index contributed by atoms with van der Waals surface area (Å²) in [5, 5.41) is 7.24. The molecule has 0 atom stereocenters. The van der Waals surface area contributed by atoms with Crippen LogP contribution in [0.25, 0.3) is 17.2 Å². The molecule has 4 aromatic rings. The van der Waals surface area contributed by atoms with Gasteiger partial charge in [-0.2, -0.15) is 9.50 Å². The highest BCUT2D eigenvalue weighted by Gasteiger charge is 2.16. The average molecular weight is 452 g/mol. The standard InChI is InChI=1S/C21H18BrN5O2/c1-13-5-3-4-6-17(13)20-24-21-26(14(2)11-19(29)27(21)25-20)12-18(28)23-16-9-7-15(22)8-10-16/h3-11H,12H2,1-2H3,(H,23,28). The third kappa shape index (κ3) is 3.84. The van der Waals surface area contributed by atoms with Gasteiger partial charge in [-0.15, -0.1) is 5.10 Å². The number of nitrogens with zero attached hydrogens (tertiary/aromatic N) is 4. The first-order valence-corrected chi connectivity index (χ1v) is 9.80. The van der Waals surface area contributed by atoms with E-state index in [1.54, 1.807) is 11.5 Å². The molecule has 0 aliphatic carbocycles. The van der Waals surface area contributed by atoms with E-state index in [2.05, 4.69) is 31.3 Å². The molecule has 2 aromatic heterocycles. The number of aromatic nitrogens is 4. The number of carbonyl (C=O) groups excluding carboxylic acids is 1. The predicted molar refractivity (Wildman–Crippen MR) is 115 cm³/mol. The lowest BCUT2D eigenvalue weighted by atomic mass is 10.1. The molecule has 0 radical (unpaired) electrons. The number of rotatable bonds is 4. The molecule has 8 heteroatoms. The highest BCUT2D eigenvalue weighted by Crippen LogP contribution is 2.20. The van der Waals surface area contributed by atoms with Gasteiger partial charge in [0.05, 0.1) is 0 Å². The Labute approximate surface area is 175 Å². The maximum absolute atomic E-state index is 12.6. The van der Waals surface area contributed by atoms with E-state index in [9.17, 15) is 9.59 Å². The van der Waals surface area contributed by atoms with E-state index in [0.29, 0.717) is 23.0 Å². The van der Waals surface area contributed by atoms with E-state index in [0.717, 1.165) is 15.6 Å². The summed E-state index contributed by atoms with van der Waals surface area (Å²) in [6, 6.07) is 16.5. The zero-order valence-electron chi connectivity index (χ0n) is 15.9. The molecule has 0 unspecified atom stereocenters. The van der Waals surface area contributed by atoms with Gasteiger partial charge in [-0.25, -0.2) is 0 Å². The minimum atomic E-state index is -0.283. The molecule has 146 valence electrons. The first kappa shape index (κ1) is 19.1. The number of benzene rings is 2. The van der Waals surface area contributed by atoms with Crippen molar-refractivity contribution < 1.29 is 4.79 Å². The number of anilines is 1. The van der Waals surface area contributed by atoms with Gasteiger partial charge >= 0.3 is 0 Å². The van der Waals surface area contributed by atoms with Crippen LogP contribution >= 0.6 is 15.9 Å². The summed E-state index contributed by atoms with van der Waals surface area (Å²) in [6.45, 7) is 3.75. The van der Waals surface area contributed by atoms with Crippen molar-refractivity contribution >= 4 is 33.3 Å². The maximum Gasteiger partial charge on any atom is 0.275 e. The van der Waals surface area contributed by atoms with Gasteiger partial charge in [0.2, 0.25) is 11.7 Å². The Balaban J connectivity index is 1.72. The zero-order chi connectivity index (χ0) is 20.5. The largest absolute Gasteiger partial charge is 0.325 e. The van der Waals surface area contributed by atoms with Crippen molar-refractivity contribution in [3.8, 4) is 11.4 Å². The van der Waals surface area contributed by atoms with Crippen LogP contribution in [-0.4, -0.2) is 25.1 Å². The first-order chi connectivity index (χ1) is 13.9. The van der Waals surface area contributed by atoms with Gasteiger partial charge in [0.15, 0.2) is 5.82 Å². The van der Waals surface area contributed by atoms with Crippen molar-refractivity contribution in [2.24, 2.45) is 0 Å². The summed E-state index contributed by atoms with van der Waals surface area (Å²) in [4.78, 5) is 29.6. The van der Waals surface area contributed by atoms with E-state index in [4.69, 9.17) is 0 Å². The predicted octanol–water partition coefficient (Wildman–Crippen LogP) is 3.58. The van der Waals surface area contributed by atoms with Crippen LogP contribution in [0.2, 0.25) is 0 Å². The number of hydrogen-bond donors (Lipinski definition) is 1. The Bertz CT molecular complexity index is 1270. The quantitative estimate of drug-likeness (QED) is 0.514. The van der Waals surface area contributed by atoms with Crippen molar-refractivity contribution in [2.45, 2.75) is 20.4 Å². The molecule has 0 bridgehead atoms. The lowest BCUT2D eigenvalue weighted by Gasteiger charge is -2.11. The van der Waals surface area contributed by atoms with Crippen LogP contribution < -0.4 is 10.9 Å². The molecule has 0 fully saturated rings. The smallest absolute Gasteiger partial charge is 0.275 e. The topological polar surface area (TPSA) is 81.3 Å². The molecule has 29 heavy (non-hydrogen) atoms. The van der Waals surface area contributed by atoms with E-state index < -0.39 is 0 Å². The minimum Gasteiger partial charge on any atom is -0.325 e. The Morgan fingerprint density at radius 3 is 2.55 bits per heavy atom. The fourth-order valence-corrected chi connectivity index (χ4v) is 3.38. The summed E-state index contributed by atoms with van der Waals surface area (Å²) < 4.78 is 3.85. The molecule has 1 amide bonds. The van der Waals surface area contributed by atoms with E-state index in [1.165, 1.54) is 10.6 Å². The molecule has 7 nitrogen and oxygen atoms in total. The van der Waals surface area contributed by atoms with Gasteiger partial charge in [-0.05, 0) is 43.7 Å². The Morgan fingerprint density at radius 1 is 1.10 bits per heavy atom. The van der Waals surface area contributed by atoms with Crippen LogP contribution in [0.3, 0.4) is 0 Å². The fourth-order valence-electron chi connectivity index (χ4n) is 3.11. The summed E-state index contributed by atoms with van der Waals surface area (Å²) in [6.07, 6.45) is 0. The van der Waals surface area contributed by atoms with Gasteiger partial charge in [-0.1, -0.05) is 40.2 Å². The van der Waals surface area contributed by atoms with Crippen LogP contribution in [0.15, 0.2) is 63.9 Å². The second kappa shape index (κ2) is 7.63. The molecule has 0 aliphatic rings. The van der Waals surface area contributed by atoms with Crippen LogP contribution in [0.4, 0.5) is 5.69 Å². The zero-order valence-corrected chi connectivity index (χ0v) is 17.5. The number of aryl methyl sites for hydroxylation is 2. The van der Waals surface area contributed by atoms with Crippen LogP contribution in [0, 0.1) is 13.8 Å². The summed E-state index contributed by atoms with van der Waals surface area (Å²) in [5.74, 6) is 0.563. The van der Waals surface area contributed by atoms with Crippen molar-refractivity contribution in [2.75, 3.05) is 5.32 Å². The number of fused-ring (bicyclic) bond motifs is 1. The summed E-state index contributed by atoms with van der Waals surface area (Å²) in [5.41, 5.74) is 2.90. The third-order valence-corrected chi connectivity index (χ3v) is 5.14. The molecule has 0 saturated carbocycles. The van der Waals surface area contributed by atoms with E-state index in [1.807, 2.05) is 55.5 Å². The van der Waals surface area contributed by atoms with Gasteiger partial charge in [0.25, 0.3) is 5.56 Å². The molecule has 2 heterocycles. The number of halogens is 1. The summed E-state index contributed by atoms with van der Waals surface area (Å²) >= 11 is 3.37. The number of nitrogens with one attached hydrogen (secondary N) is 1. The van der Waals surface area contributed by atoms with Crippen molar-refractivity contribution in [1.29, 1.82) is 0 Å². The molecule has 0 saturated heterocycles.